The quantitative estimate of drug-likeness (QED) is 0.400. The number of hydrogen-bond acceptors (Lipinski definition) is 4. The van der Waals surface area contributed by atoms with Crippen LogP contribution in [-0.4, -0.2) is 43.0 Å². The van der Waals surface area contributed by atoms with Gasteiger partial charge in [0.05, 0.1) is 25.9 Å². The zero-order chi connectivity index (χ0) is 25.3. The van der Waals surface area contributed by atoms with Gasteiger partial charge in [0.2, 0.25) is 0 Å². The molecule has 3 aromatic rings. The molecule has 2 atom stereocenters. The summed E-state index contributed by atoms with van der Waals surface area (Å²) in [4.78, 5) is 16.6. The van der Waals surface area contributed by atoms with E-state index in [0.717, 1.165) is 68.5 Å². The van der Waals surface area contributed by atoms with Crippen molar-refractivity contribution >= 4 is 5.78 Å². The van der Waals surface area contributed by atoms with Crippen molar-refractivity contribution in [2.75, 3.05) is 26.8 Å². The van der Waals surface area contributed by atoms with Gasteiger partial charge >= 0.3 is 0 Å². The van der Waals surface area contributed by atoms with E-state index >= 15 is 0 Å². The van der Waals surface area contributed by atoms with Crippen LogP contribution in [0.15, 0.2) is 72.8 Å². The molecule has 0 saturated carbocycles. The third-order valence-corrected chi connectivity index (χ3v) is 9.16. The molecular formula is C33H37NO3. The van der Waals surface area contributed by atoms with Gasteiger partial charge in [-0.25, -0.2) is 0 Å². The summed E-state index contributed by atoms with van der Waals surface area (Å²) in [6.45, 7) is 3.32. The van der Waals surface area contributed by atoms with Crippen LogP contribution in [0.2, 0.25) is 0 Å². The number of fused-ring (bicyclic) bond motifs is 2. The highest BCUT2D eigenvalue weighted by Crippen LogP contribution is 2.44. The molecule has 1 fully saturated rings. The van der Waals surface area contributed by atoms with Gasteiger partial charge in [0, 0.05) is 11.0 Å². The Hall–Kier alpha value is -2.95. The summed E-state index contributed by atoms with van der Waals surface area (Å²) in [5, 5.41) is 0. The van der Waals surface area contributed by atoms with Crippen molar-refractivity contribution in [1.29, 1.82) is 0 Å². The van der Waals surface area contributed by atoms with Gasteiger partial charge in [-0.2, -0.15) is 0 Å². The largest absolute Gasteiger partial charge is 0.497 e. The van der Waals surface area contributed by atoms with E-state index in [1.54, 1.807) is 7.11 Å². The smallest absolute Gasteiger partial charge is 0.183 e. The minimum Gasteiger partial charge on any atom is -0.497 e. The molecule has 0 bridgehead atoms. The molecule has 2 aliphatic heterocycles. The first-order valence-corrected chi connectivity index (χ1v) is 13.8. The number of ketones is 1. The standard InChI is InChI=1S/C33H37NO3/c1-36-28-14-15-29-25(22-28)16-19-33(31(29)35)18-7-8-20-34(33)21-9-17-32(27-11-3-2-4-12-27)24-37-23-26-10-5-6-13-30(26)32/h2-6,10-15,22H,7-9,16-21,23-24H2,1H3. The van der Waals surface area contributed by atoms with E-state index in [1.165, 1.54) is 23.1 Å². The molecule has 0 radical (unpaired) electrons. The topological polar surface area (TPSA) is 38.8 Å². The number of carbonyl (C=O) groups is 1. The van der Waals surface area contributed by atoms with Crippen molar-refractivity contribution in [2.45, 2.75) is 62.5 Å². The second-order valence-corrected chi connectivity index (χ2v) is 11.0. The molecule has 1 saturated heterocycles. The molecular weight excluding hydrogens is 458 g/mol. The van der Waals surface area contributed by atoms with Crippen molar-refractivity contribution in [3.05, 3.63) is 101 Å². The maximum atomic E-state index is 14.0. The van der Waals surface area contributed by atoms with Gasteiger partial charge in [-0.3, -0.25) is 9.69 Å². The summed E-state index contributed by atoms with van der Waals surface area (Å²) in [6.07, 6.45) is 7.13. The molecule has 1 aliphatic carbocycles. The fraction of sp³-hybridized carbons (Fsp3) is 0.424. The number of methoxy groups -OCH3 is 1. The molecule has 1 spiro atoms. The maximum Gasteiger partial charge on any atom is 0.183 e. The Labute approximate surface area is 220 Å². The summed E-state index contributed by atoms with van der Waals surface area (Å²) in [7, 11) is 1.69. The second-order valence-electron chi connectivity index (χ2n) is 11.0. The normalized spacial score (nSPS) is 25.5. The van der Waals surface area contributed by atoms with Gasteiger partial charge in [0.25, 0.3) is 0 Å². The van der Waals surface area contributed by atoms with E-state index < -0.39 is 0 Å². The Morgan fingerprint density at radius 2 is 1.78 bits per heavy atom. The fourth-order valence-electron chi connectivity index (χ4n) is 7.23. The lowest BCUT2D eigenvalue weighted by molar-refractivity contribution is 0.0249. The lowest BCUT2D eigenvalue weighted by atomic mass is 9.68. The third kappa shape index (κ3) is 4.20. The van der Waals surface area contributed by atoms with Crippen LogP contribution in [0.1, 0.15) is 71.1 Å². The number of Topliss-reactive ketones (excluding diaryl/α,β-unsaturated/α-hetero) is 1. The van der Waals surface area contributed by atoms with E-state index in [1.807, 2.05) is 12.1 Å². The highest BCUT2D eigenvalue weighted by molar-refractivity contribution is 6.05. The van der Waals surface area contributed by atoms with Gasteiger partial charge in [-0.05, 0) is 98.5 Å². The van der Waals surface area contributed by atoms with Crippen LogP contribution >= 0.6 is 0 Å². The van der Waals surface area contributed by atoms with Crippen LogP contribution in [0, 0.1) is 0 Å². The third-order valence-electron chi connectivity index (χ3n) is 9.16. The summed E-state index contributed by atoms with van der Waals surface area (Å²) in [6, 6.07) is 25.6. The minimum atomic E-state index is -0.360. The minimum absolute atomic E-state index is 0.154. The van der Waals surface area contributed by atoms with Gasteiger partial charge in [-0.15, -0.1) is 0 Å². The molecule has 192 valence electrons. The van der Waals surface area contributed by atoms with Crippen molar-refractivity contribution in [2.24, 2.45) is 0 Å². The van der Waals surface area contributed by atoms with Gasteiger partial charge in [-0.1, -0.05) is 54.6 Å². The maximum absolute atomic E-state index is 14.0. The predicted octanol–water partition coefficient (Wildman–Crippen LogP) is 6.35. The van der Waals surface area contributed by atoms with E-state index in [0.29, 0.717) is 19.0 Å². The van der Waals surface area contributed by atoms with Gasteiger partial charge in [0.1, 0.15) is 5.75 Å². The molecule has 0 aromatic heterocycles. The molecule has 2 unspecified atom stereocenters. The summed E-state index contributed by atoms with van der Waals surface area (Å²) >= 11 is 0. The Morgan fingerprint density at radius 1 is 0.946 bits per heavy atom. The number of benzene rings is 3. The van der Waals surface area contributed by atoms with Crippen molar-refractivity contribution in [1.82, 2.24) is 4.90 Å². The van der Waals surface area contributed by atoms with Crippen molar-refractivity contribution in [3.63, 3.8) is 0 Å². The van der Waals surface area contributed by atoms with Gasteiger partial charge in [0.15, 0.2) is 5.78 Å². The Bertz CT molecular complexity index is 1270. The summed E-state index contributed by atoms with van der Waals surface area (Å²) in [5.74, 6) is 1.16. The SMILES string of the molecule is COc1ccc2c(c1)CCC1(CCCCN1CCCC1(c3ccccc3)COCc3ccccc31)C2=O. The van der Waals surface area contributed by atoms with Crippen LogP contribution < -0.4 is 4.74 Å². The predicted molar refractivity (Wildman–Crippen MR) is 146 cm³/mol. The number of nitrogens with zero attached hydrogens (tertiary/aromatic N) is 1. The molecule has 0 amide bonds. The van der Waals surface area contributed by atoms with Crippen LogP contribution in [0.3, 0.4) is 0 Å². The number of aryl methyl sites for hydroxylation is 1. The fourth-order valence-corrected chi connectivity index (χ4v) is 7.23. The molecule has 6 rings (SSSR count). The molecule has 4 heteroatoms. The van der Waals surface area contributed by atoms with Crippen LogP contribution in [0.5, 0.6) is 5.75 Å². The zero-order valence-corrected chi connectivity index (χ0v) is 21.9. The van der Waals surface area contributed by atoms with Gasteiger partial charge < -0.3 is 9.47 Å². The lowest BCUT2D eigenvalue weighted by Gasteiger charge is -2.49. The molecule has 3 aromatic carbocycles. The number of carbonyl (C=O) groups excluding carboxylic acids is 1. The van der Waals surface area contributed by atoms with E-state index in [2.05, 4.69) is 65.6 Å². The zero-order valence-electron chi connectivity index (χ0n) is 21.9. The van der Waals surface area contributed by atoms with Crippen LogP contribution in [0.25, 0.3) is 0 Å². The lowest BCUT2D eigenvalue weighted by Crippen LogP contribution is -2.59. The molecule has 0 N–H and O–H groups in total. The molecule has 2 heterocycles. The number of ether oxygens (including phenoxy) is 2. The summed E-state index contributed by atoms with van der Waals surface area (Å²) < 4.78 is 11.6. The Morgan fingerprint density at radius 3 is 2.65 bits per heavy atom. The van der Waals surface area contributed by atoms with E-state index in [4.69, 9.17) is 9.47 Å². The highest BCUT2D eigenvalue weighted by Gasteiger charge is 2.48. The van der Waals surface area contributed by atoms with E-state index in [-0.39, 0.29) is 11.0 Å². The van der Waals surface area contributed by atoms with E-state index in [9.17, 15) is 4.79 Å². The highest BCUT2D eigenvalue weighted by atomic mass is 16.5. The number of piperidine rings is 1. The van der Waals surface area contributed by atoms with Crippen LogP contribution in [-0.2, 0) is 23.2 Å². The van der Waals surface area contributed by atoms with Crippen molar-refractivity contribution in [3.8, 4) is 5.75 Å². The first-order valence-electron chi connectivity index (χ1n) is 13.8. The molecule has 37 heavy (non-hydrogen) atoms. The summed E-state index contributed by atoms with van der Waals surface area (Å²) in [5.41, 5.74) is 5.54. The number of hydrogen-bond donors (Lipinski definition) is 0. The Balaban J connectivity index is 1.26. The number of rotatable bonds is 6. The first-order chi connectivity index (χ1) is 18.2. The second kappa shape index (κ2) is 10.1. The molecule has 3 aliphatic rings. The number of likely N-dealkylation sites (tertiary alicyclic amines) is 1. The molecule has 4 nitrogen and oxygen atoms in total. The Kier molecular flexibility index (Phi) is 6.64. The average Bonchev–Trinajstić information content (AvgIpc) is 2.96. The van der Waals surface area contributed by atoms with Crippen LogP contribution in [0.4, 0.5) is 0 Å². The average molecular weight is 496 g/mol. The first kappa shape index (κ1) is 24.4. The van der Waals surface area contributed by atoms with Crippen molar-refractivity contribution < 1.29 is 14.3 Å². The monoisotopic (exact) mass is 495 g/mol.